The first-order valence-corrected chi connectivity index (χ1v) is 6.96. The first kappa shape index (κ1) is 14.8. The topological polar surface area (TPSA) is 64.9 Å². The molecule has 2 N–H and O–H groups in total. The van der Waals surface area contributed by atoms with Crippen LogP contribution in [-0.4, -0.2) is 6.03 Å². The van der Waals surface area contributed by atoms with E-state index in [-0.39, 0.29) is 6.03 Å². The standard InChI is InChI=1S/C16H12BrN3O/c17-14-5-1-12(2-6-14)9-10-19-16(21)20-15-7-3-13(11-18)4-8-15/h1-10H,(H2,19,20,21)/b10-9+. The van der Waals surface area contributed by atoms with E-state index >= 15 is 0 Å². The fourth-order valence-electron chi connectivity index (χ4n) is 1.58. The van der Waals surface area contributed by atoms with Crippen molar-refractivity contribution in [3.05, 3.63) is 70.3 Å². The summed E-state index contributed by atoms with van der Waals surface area (Å²) >= 11 is 3.36. The predicted octanol–water partition coefficient (Wildman–Crippen LogP) is 4.11. The Morgan fingerprint density at radius 1 is 1.10 bits per heavy atom. The van der Waals surface area contributed by atoms with Crippen molar-refractivity contribution < 1.29 is 4.79 Å². The SMILES string of the molecule is N#Cc1ccc(NC(=O)N/C=C/c2ccc(Br)cc2)cc1. The van der Waals surface area contributed by atoms with Crippen molar-refractivity contribution in [3.63, 3.8) is 0 Å². The molecule has 0 aromatic heterocycles. The number of nitrogens with one attached hydrogen (secondary N) is 2. The third kappa shape index (κ3) is 4.79. The Morgan fingerprint density at radius 2 is 1.76 bits per heavy atom. The van der Waals surface area contributed by atoms with Crippen LogP contribution < -0.4 is 10.6 Å². The molecule has 0 unspecified atom stereocenters. The monoisotopic (exact) mass is 341 g/mol. The third-order valence-corrected chi connectivity index (χ3v) is 3.16. The number of amides is 2. The Balaban J connectivity index is 1.86. The third-order valence-electron chi connectivity index (χ3n) is 2.63. The maximum Gasteiger partial charge on any atom is 0.323 e. The van der Waals surface area contributed by atoms with Crippen molar-refractivity contribution >= 4 is 33.7 Å². The summed E-state index contributed by atoms with van der Waals surface area (Å²) in [6.07, 6.45) is 3.37. The lowest BCUT2D eigenvalue weighted by Gasteiger charge is -2.04. The van der Waals surface area contributed by atoms with E-state index in [1.807, 2.05) is 30.3 Å². The molecule has 0 saturated carbocycles. The molecule has 0 saturated heterocycles. The predicted molar refractivity (Wildman–Crippen MR) is 86.5 cm³/mol. The Hall–Kier alpha value is -2.58. The Bertz CT molecular complexity index is 685. The van der Waals surface area contributed by atoms with Gasteiger partial charge in [-0.05, 0) is 48.0 Å². The molecule has 0 heterocycles. The maximum absolute atomic E-state index is 11.7. The number of urea groups is 1. The Kier molecular flexibility index (Phi) is 5.13. The number of halogens is 1. The normalized spacial score (nSPS) is 10.1. The van der Waals surface area contributed by atoms with Gasteiger partial charge in [-0.15, -0.1) is 0 Å². The van der Waals surface area contributed by atoms with Gasteiger partial charge in [-0.25, -0.2) is 4.79 Å². The lowest BCUT2D eigenvalue weighted by molar-refractivity contribution is 0.255. The van der Waals surface area contributed by atoms with Crippen molar-refractivity contribution in [2.45, 2.75) is 0 Å². The number of nitrogens with zero attached hydrogens (tertiary/aromatic N) is 1. The molecule has 0 fully saturated rings. The minimum atomic E-state index is -0.340. The number of hydrogen-bond donors (Lipinski definition) is 2. The molecule has 2 aromatic rings. The molecule has 0 bridgehead atoms. The second kappa shape index (κ2) is 7.27. The van der Waals surface area contributed by atoms with E-state index in [1.54, 1.807) is 36.5 Å². The van der Waals surface area contributed by atoms with E-state index in [2.05, 4.69) is 26.6 Å². The zero-order valence-electron chi connectivity index (χ0n) is 11.0. The highest BCUT2D eigenvalue weighted by Crippen LogP contribution is 2.11. The van der Waals surface area contributed by atoms with Gasteiger partial charge in [0.05, 0.1) is 11.6 Å². The van der Waals surface area contributed by atoms with E-state index in [9.17, 15) is 4.79 Å². The summed E-state index contributed by atoms with van der Waals surface area (Å²) in [5.41, 5.74) is 2.16. The summed E-state index contributed by atoms with van der Waals surface area (Å²) in [7, 11) is 0. The van der Waals surface area contributed by atoms with Crippen molar-refractivity contribution in [3.8, 4) is 6.07 Å². The van der Waals surface area contributed by atoms with Crippen LogP contribution >= 0.6 is 15.9 Å². The largest absolute Gasteiger partial charge is 0.323 e. The summed E-state index contributed by atoms with van der Waals surface area (Å²) in [6, 6.07) is 16.0. The van der Waals surface area contributed by atoms with E-state index < -0.39 is 0 Å². The van der Waals surface area contributed by atoms with Crippen LogP contribution in [0.5, 0.6) is 0 Å². The first-order chi connectivity index (χ1) is 10.2. The van der Waals surface area contributed by atoms with Crippen LogP contribution in [0.2, 0.25) is 0 Å². The van der Waals surface area contributed by atoms with Gasteiger partial charge in [-0.3, -0.25) is 0 Å². The molecule has 4 nitrogen and oxygen atoms in total. The zero-order chi connectivity index (χ0) is 15.1. The van der Waals surface area contributed by atoms with Crippen LogP contribution in [0, 0.1) is 11.3 Å². The number of hydrogen-bond acceptors (Lipinski definition) is 2. The lowest BCUT2D eigenvalue weighted by atomic mass is 10.2. The van der Waals surface area contributed by atoms with Gasteiger partial charge < -0.3 is 10.6 Å². The number of nitriles is 1. The molecular weight excluding hydrogens is 330 g/mol. The van der Waals surface area contributed by atoms with E-state index in [1.165, 1.54) is 0 Å². The van der Waals surface area contributed by atoms with E-state index in [0.29, 0.717) is 11.3 Å². The van der Waals surface area contributed by atoms with E-state index in [4.69, 9.17) is 5.26 Å². The summed E-state index contributed by atoms with van der Waals surface area (Å²) in [6.45, 7) is 0. The van der Waals surface area contributed by atoms with Crippen molar-refractivity contribution in [1.29, 1.82) is 5.26 Å². The lowest BCUT2D eigenvalue weighted by Crippen LogP contribution is -2.23. The van der Waals surface area contributed by atoms with Crippen LogP contribution in [-0.2, 0) is 0 Å². The molecular formula is C16H12BrN3O. The van der Waals surface area contributed by atoms with Gasteiger partial charge in [0.1, 0.15) is 0 Å². The average molecular weight is 342 g/mol. The number of carbonyl (C=O) groups is 1. The molecule has 5 heteroatoms. The summed E-state index contributed by atoms with van der Waals surface area (Å²) in [5.74, 6) is 0. The summed E-state index contributed by atoms with van der Waals surface area (Å²) in [4.78, 5) is 11.7. The highest BCUT2D eigenvalue weighted by molar-refractivity contribution is 9.10. The molecule has 2 amide bonds. The molecule has 0 radical (unpaired) electrons. The molecule has 2 rings (SSSR count). The fourth-order valence-corrected chi connectivity index (χ4v) is 1.85. The molecule has 0 aliphatic heterocycles. The van der Waals surface area contributed by atoms with Gasteiger partial charge in [0.25, 0.3) is 0 Å². The van der Waals surface area contributed by atoms with Gasteiger partial charge >= 0.3 is 6.03 Å². The molecule has 0 aliphatic carbocycles. The Morgan fingerprint density at radius 3 is 2.38 bits per heavy atom. The maximum atomic E-state index is 11.7. The van der Waals surface area contributed by atoms with Crippen LogP contribution in [0.3, 0.4) is 0 Å². The highest BCUT2D eigenvalue weighted by atomic mass is 79.9. The number of carbonyl (C=O) groups excluding carboxylic acids is 1. The van der Waals surface area contributed by atoms with Gasteiger partial charge in [0.2, 0.25) is 0 Å². The number of rotatable bonds is 3. The Labute approximate surface area is 131 Å². The number of anilines is 1. The molecule has 0 spiro atoms. The van der Waals surface area contributed by atoms with Crippen molar-refractivity contribution in [2.75, 3.05) is 5.32 Å². The number of benzene rings is 2. The zero-order valence-corrected chi connectivity index (χ0v) is 12.6. The summed E-state index contributed by atoms with van der Waals surface area (Å²) in [5, 5.41) is 14.0. The van der Waals surface area contributed by atoms with Crippen LogP contribution in [0.1, 0.15) is 11.1 Å². The molecule has 2 aromatic carbocycles. The van der Waals surface area contributed by atoms with Crippen molar-refractivity contribution in [2.24, 2.45) is 0 Å². The molecule has 0 atom stereocenters. The van der Waals surface area contributed by atoms with Gasteiger partial charge in [0, 0.05) is 16.4 Å². The summed E-state index contributed by atoms with van der Waals surface area (Å²) < 4.78 is 1.01. The van der Waals surface area contributed by atoms with Crippen LogP contribution in [0.15, 0.2) is 59.2 Å². The van der Waals surface area contributed by atoms with Crippen molar-refractivity contribution in [1.82, 2.24) is 5.32 Å². The highest BCUT2D eigenvalue weighted by Gasteiger charge is 1.99. The van der Waals surface area contributed by atoms with E-state index in [0.717, 1.165) is 10.0 Å². The average Bonchev–Trinajstić information content (AvgIpc) is 2.50. The molecule has 0 aliphatic rings. The second-order valence-electron chi connectivity index (χ2n) is 4.17. The fraction of sp³-hybridized carbons (Fsp3) is 0. The van der Waals surface area contributed by atoms with Gasteiger partial charge in [0.15, 0.2) is 0 Å². The van der Waals surface area contributed by atoms with Gasteiger partial charge in [-0.2, -0.15) is 5.26 Å². The van der Waals surface area contributed by atoms with Crippen LogP contribution in [0.25, 0.3) is 6.08 Å². The molecule has 104 valence electrons. The van der Waals surface area contributed by atoms with Gasteiger partial charge in [-0.1, -0.05) is 28.1 Å². The quantitative estimate of drug-likeness (QED) is 0.881. The smallest absolute Gasteiger partial charge is 0.314 e. The first-order valence-electron chi connectivity index (χ1n) is 6.17. The van der Waals surface area contributed by atoms with Crippen LogP contribution in [0.4, 0.5) is 10.5 Å². The second-order valence-corrected chi connectivity index (χ2v) is 5.09. The minimum Gasteiger partial charge on any atom is -0.314 e. The molecule has 21 heavy (non-hydrogen) atoms. The minimum absolute atomic E-state index is 0.340.